The number of carbonyl (C=O) groups excluding carboxylic acids is 1. The summed E-state index contributed by atoms with van der Waals surface area (Å²) in [5, 5.41) is 7.03. The minimum Gasteiger partial charge on any atom is -0.384 e. The van der Waals surface area contributed by atoms with E-state index in [9.17, 15) is 18.0 Å². The van der Waals surface area contributed by atoms with Gasteiger partial charge in [0.1, 0.15) is 0 Å². The molecule has 3 aromatic rings. The Hall–Kier alpha value is -3.09. The minimum absolute atomic E-state index is 0.0130. The molecule has 1 aliphatic rings. The number of amides is 1. The number of pyridine rings is 1. The number of nitrogens with one attached hydrogen (secondary N) is 2. The van der Waals surface area contributed by atoms with Gasteiger partial charge in [-0.25, -0.2) is 0 Å². The van der Waals surface area contributed by atoms with Gasteiger partial charge in [-0.3, -0.25) is 9.78 Å². The quantitative estimate of drug-likeness (QED) is 0.516. The lowest BCUT2D eigenvalue weighted by molar-refractivity contribution is -0.137. The van der Waals surface area contributed by atoms with E-state index in [0.717, 1.165) is 49.2 Å². The fraction of sp³-hybridized carbons (Fsp3) is 0.333. The fourth-order valence-corrected chi connectivity index (χ4v) is 4.13. The second-order valence-electron chi connectivity index (χ2n) is 8.04. The molecule has 162 valence electrons. The SMILES string of the molecule is O=C(Nc1ccccc1)C1CCC(CNc2ccnc3cc(C(F)(F)F)ccc23)CC1. The lowest BCUT2D eigenvalue weighted by atomic mass is 9.81. The maximum Gasteiger partial charge on any atom is 0.416 e. The number of anilines is 2. The van der Waals surface area contributed by atoms with Crippen LogP contribution < -0.4 is 10.6 Å². The highest BCUT2D eigenvalue weighted by molar-refractivity contribution is 5.92. The third-order valence-corrected chi connectivity index (χ3v) is 5.91. The van der Waals surface area contributed by atoms with Crippen LogP contribution in [0.3, 0.4) is 0 Å². The molecule has 4 rings (SSSR count). The van der Waals surface area contributed by atoms with Crippen LogP contribution in [-0.2, 0) is 11.0 Å². The number of benzene rings is 2. The van der Waals surface area contributed by atoms with Gasteiger partial charge in [0, 0.05) is 35.4 Å². The van der Waals surface area contributed by atoms with Gasteiger partial charge < -0.3 is 10.6 Å². The largest absolute Gasteiger partial charge is 0.416 e. The van der Waals surface area contributed by atoms with Crippen LogP contribution in [0.4, 0.5) is 24.5 Å². The van der Waals surface area contributed by atoms with Crippen molar-refractivity contribution in [3.8, 4) is 0 Å². The maximum absolute atomic E-state index is 12.9. The van der Waals surface area contributed by atoms with Crippen LogP contribution in [-0.4, -0.2) is 17.4 Å². The monoisotopic (exact) mass is 427 g/mol. The number of alkyl halides is 3. The number of hydrogen-bond donors (Lipinski definition) is 2. The number of fused-ring (bicyclic) bond motifs is 1. The van der Waals surface area contributed by atoms with Crippen LogP contribution in [0.25, 0.3) is 10.9 Å². The van der Waals surface area contributed by atoms with Crippen molar-refractivity contribution in [3.63, 3.8) is 0 Å². The standard InChI is InChI=1S/C24H24F3N3O/c25-24(26,27)18-10-11-20-21(12-13-28-22(20)14-18)29-15-16-6-8-17(9-7-16)23(31)30-19-4-2-1-3-5-19/h1-5,10-14,16-17H,6-9,15H2,(H,28,29)(H,30,31). The zero-order valence-electron chi connectivity index (χ0n) is 17.0. The highest BCUT2D eigenvalue weighted by atomic mass is 19.4. The second-order valence-corrected chi connectivity index (χ2v) is 8.04. The van der Waals surface area contributed by atoms with Crippen LogP contribution in [0.15, 0.2) is 60.8 Å². The number of aromatic nitrogens is 1. The zero-order valence-corrected chi connectivity index (χ0v) is 17.0. The summed E-state index contributed by atoms with van der Waals surface area (Å²) in [6.07, 6.45) is 0.663. The van der Waals surface area contributed by atoms with E-state index in [1.54, 1.807) is 6.07 Å². The summed E-state index contributed by atoms with van der Waals surface area (Å²) >= 11 is 0. The molecule has 1 aliphatic carbocycles. The molecule has 1 aromatic heterocycles. The Bertz CT molecular complexity index is 1040. The van der Waals surface area contributed by atoms with Gasteiger partial charge in [-0.1, -0.05) is 24.3 Å². The molecule has 31 heavy (non-hydrogen) atoms. The van der Waals surface area contributed by atoms with Crippen molar-refractivity contribution < 1.29 is 18.0 Å². The van der Waals surface area contributed by atoms with Crippen LogP contribution >= 0.6 is 0 Å². The van der Waals surface area contributed by atoms with Gasteiger partial charge in [0.2, 0.25) is 5.91 Å². The number of hydrogen-bond acceptors (Lipinski definition) is 3. The van der Waals surface area contributed by atoms with Crippen molar-refractivity contribution in [1.29, 1.82) is 0 Å². The molecule has 7 heteroatoms. The highest BCUT2D eigenvalue weighted by Crippen LogP contribution is 2.33. The normalized spacial score (nSPS) is 19.2. The number of rotatable bonds is 5. The topological polar surface area (TPSA) is 54.0 Å². The lowest BCUT2D eigenvalue weighted by Gasteiger charge is -2.28. The Balaban J connectivity index is 1.32. The first kappa shape index (κ1) is 21.2. The van der Waals surface area contributed by atoms with Crippen LogP contribution in [0, 0.1) is 11.8 Å². The van der Waals surface area contributed by atoms with E-state index in [1.807, 2.05) is 30.3 Å². The van der Waals surface area contributed by atoms with Crippen LogP contribution in [0.2, 0.25) is 0 Å². The first-order chi connectivity index (χ1) is 14.9. The van der Waals surface area contributed by atoms with Gasteiger partial charge in [0.05, 0.1) is 11.1 Å². The summed E-state index contributed by atoms with van der Waals surface area (Å²) < 4.78 is 38.8. The highest BCUT2D eigenvalue weighted by Gasteiger charge is 2.31. The Morgan fingerprint density at radius 3 is 2.45 bits per heavy atom. The fourth-order valence-electron chi connectivity index (χ4n) is 4.13. The zero-order chi connectivity index (χ0) is 21.8. The van der Waals surface area contributed by atoms with Gasteiger partial charge in [0.25, 0.3) is 0 Å². The molecule has 0 bridgehead atoms. The van der Waals surface area contributed by atoms with E-state index < -0.39 is 11.7 Å². The van der Waals surface area contributed by atoms with Gasteiger partial charge in [-0.2, -0.15) is 13.2 Å². The number of halogens is 3. The molecule has 2 N–H and O–H groups in total. The minimum atomic E-state index is -4.38. The Morgan fingerprint density at radius 1 is 1.00 bits per heavy atom. The molecular weight excluding hydrogens is 403 g/mol. The summed E-state index contributed by atoms with van der Waals surface area (Å²) in [7, 11) is 0. The molecule has 0 atom stereocenters. The molecule has 1 fully saturated rings. The molecule has 1 saturated carbocycles. The number of carbonyl (C=O) groups is 1. The Labute approximate surface area is 178 Å². The van der Waals surface area contributed by atoms with E-state index in [-0.39, 0.29) is 11.8 Å². The summed E-state index contributed by atoms with van der Waals surface area (Å²) in [5.74, 6) is 0.496. The molecule has 0 spiro atoms. The molecule has 4 nitrogen and oxygen atoms in total. The summed E-state index contributed by atoms with van der Waals surface area (Å²) in [6, 6.07) is 14.9. The third-order valence-electron chi connectivity index (χ3n) is 5.91. The van der Waals surface area contributed by atoms with Crippen LogP contribution in [0.5, 0.6) is 0 Å². The smallest absolute Gasteiger partial charge is 0.384 e. The maximum atomic E-state index is 12.9. The summed E-state index contributed by atoms with van der Waals surface area (Å²) in [6.45, 7) is 0.715. The molecule has 0 aliphatic heterocycles. The van der Waals surface area contributed by atoms with Crippen molar-refractivity contribution >= 4 is 28.2 Å². The van der Waals surface area contributed by atoms with E-state index in [0.29, 0.717) is 23.4 Å². The van der Waals surface area contributed by atoms with Crippen molar-refractivity contribution in [2.75, 3.05) is 17.2 Å². The number of nitrogens with zero attached hydrogens (tertiary/aromatic N) is 1. The van der Waals surface area contributed by atoms with E-state index >= 15 is 0 Å². The van der Waals surface area contributed by atoms with Crippen molar-refractivity contribution in [1.82, 2.24) is 4.98 Å². The Morgan fingerprint density at radius 2 is 1.74 bits per heavy atom. The van der Waals surface area contributed by atoms with E-state index in [4.69, 9.17) is 0 Å². The first-order valence-corrected chi connectivity index (χ1v) is 10.5. The molecule has 2 aromatic carbocycles. The third kappa shape index (κ3) is 5.16. The van der Waals surface area contributed by atoms with Crippen LogP contribution in [0.1, 0.15) is 31.2 Å². The van der Waals surface area contributed by atoms with Gasteiger partial charge in [0.15, 0.2) is 0 Å². The molecule has 0 unspecified atom stereocenters. The van der Waals surface area contributed by atoms with E-state index in [1.165, 1.54) is 12.3 Å². The number of para-hydroxylation sites is 1. The average Bonchev–Trinajstić information content (AvgIpc) is 2.77. The van der Waals surface area contributed by atoms with Crippen molar-refractivity contribution in [3.05, 3.63) is 66.4 Å². The second kappa shape index (κ2) is 8.96. The summed E-state index contributed by atoms with van der Waals surface area (Å²) in [4.78, 5) is 16.6. The van der Waals surface area contributed by atoms with Gasteiger partial charge in [-0.05, 0) is 61.9 Å². The van der Waals surface area contributed by atoms with Gasteiger partial charge in [-0.15, -0.1) is 0 Å². The predicted octanol–water partition coefficient (Wildman–Crippen LogP) is 6.11. The average molecular weight is 427 g/mol. The molecule has 0 radical (unpaired) electrons. The summed E-state index contributed by atoms with van der Waals surface area (Å²) in [5.41, 5.74) is 1.22. The first-order valence-electron chi connectivity index (χ1n) is 10.5. The predicted molar refractivity (Wildman–Crippen MR) is 116 cm³/mol. The Kier molecular flexibility index (Phi) is 6.11. The molecular formula is C24H24F3N3O. The molecule has 0 saturated heterocycles. The van der Waals surface area contributed by atoms with Crippen molar-refractivity contribution in [2.45, 2.75) is 31.9 Å². The molecule has 1 heterocycles. The van der Waals surface area contributed by atoms with Crippen molar-refractivity contribution in [2.24, 2.45) is 11.8 Å². The lowest BCUT2D eigenvalue weighted by Crippen LogP contribution is -2.29. The van der Waals surface area contributed by atoms with Gasteiger partial charge >= 0.3 is 6.18 Å². The molecule has 1 amide bonds. The van der Waals surface area contributed by atoms with E-state index in [2.05, 4.69) is 15.6 Å².